The summed E-state index contributed by atoms with van der Waals surface area (Å²) in [6.07, 6.45) is 1.12. The zero-order chi connectivity index (χ0) is 24.3. The van der Waals surface area contributed by atoms with E-state index >= 15 is 0 Å². The van der Waals surface area contributed by atoms with Crippen molar-refractivity contribution < 1.29 is 26.0 Å². The maximum absolute atomic E-state index is 13.0. The molecule has 1 aliphatic rings. The number of piperidine rings is 1. The minimum Gasteiger partial charge on any atom is -0.326 e. The highest BCUT2D eigenvalue weighted by Crippen LogP contribution is 2.27. The highest BCUT2D eigenvalue weighted by molar-refractivity contribution is 7.92. The van der Waals surface area contributed by atoms with E-state index in [1.165, 1.54) is 40.7 Å². The zero-order valence-corrected chi connectivity index (χ0v) is 20.3. The van der Waals surface area contributed by atoms with Gasteiger partial charge in [-0.1, -0.05) is 6.07 Å². The van der Waals surface area contributed by atoms with Gasteiger partial charge in [-0.25, -0.2) is 21.2 Å². The molecular weight excluding hydrogens is 501 g/mol. The monoisotopic (exact) mass is 523 g/mol. The smallest absolute Gasteiger partial charge is 0.261 e. The van der Waals surface area contributed by atoms with Crippen LogP contribution in [0, 0.1) is 11.7 Å². The summed E-state index contributed by atoms with van der Waals surface area (Å²) in [5, 5.41) is 4.43. The predicted octanol–water partition coefficient (Wildman–Crippen LogP) is 3.73. The molecule has 1 aliphatic heterocycles. The Morgan fingerprint density at radius 2 is 1.65 bits per heavy atom. The Balaban J connectivity index is 1.40. The van der Waals surface area contributed by atoms with Gasteiger partial charge in [0.2, 0.25) is 5.91 Å². The second-order valence-electron chi connectivity index (χ2n) is 7.76. The second kappa shape index (κ2) is 9.82. The van der Waals surface area contributed by atoms with E-state index in [1.807, 2.05) is 0 Å². The van der Waals surface area contributed by atoms with Crippen LogP contribution >= 0.6 is 11.3 Å². The largest absolute Gasteiger partial charge is 0.326 e. The number of anilines is 2. The van der Waals surface area contributed by atoms with Crippen LogP contribution in [0.2, 0.25) is 0 Å². The van der Waals surface area contributed by atoms with Gasteiger partial charge < -0.3 is 5.32 Å². The molecule has 0 unspecified atom stereocenters. The SMILES string of the molecule is O=C(Nc1ccc(S(=O)(=O)Nc2ccc(F)cc2)cc1)[C@@H]1CCCN(S(=O)(=O)c2cccs2)C1. The van der Waals surface area contributed by atoms with E-state index in [1.54, 1.807) is 17.5 Å². The Kier molecular flexibility index (Phi) is 7.03. The fourth-order valence-electron chi connectivity index (χ4n) is 3.61. The Morgan fingerprint density at radius 3 is 2.29 bits per heavy atom. The third kappa shape index (κ3) is 5.46. The number of hydrogen-bond acceptors (Lipinski definition) is 6. The van der Waals surface area contributed by atoms with Crippen molar-refractivity contribution in [2.75, 3.05) is 23.1 Å². The van der Waals surface area contributed by atoms with E-state index in [0.29, 0.717) is 25.1 Å². The summed E-state index contributed by atoms with van der Waals surface area (Å²) >= 11 is 1.14. The van der Waals surface area contributed by atoms with Gasteiger partial charge in [-0.15, -0.1) is 11.3 Å². The molecule has 1 fully saturated rings. The number of hydrogen-bond donors (Lipinski definition) is 2. The lowest BCUT2D eigenvalue weighted by atomic mass is 9.99. The average Bonchev–Trinajstić information content (AvgIpc) is 3.37. The van der Waals surface area contributed by atoms with Gasteiger partial charge in [-0.3, -0.25) is 9.52 Å². The number of amides is 1. The molecule has 2 heterocycles. The summed E-state index contributed by atoms with van der Waals surface area (Å²) in [6, 6.07) is 13.7. The summed E-state index contributed by atoms with van der Waals surface area (Å²) < 4.78 is 67.6. The van der Waals surface area contributed by atoms with Gasteiger partial charge in [0.1, 0.15) is 10.0 Å². The maximum Gasteiger partial charge on any atom is 0.261 e. The summed E-state index contributed by atoms with van der Waals surface area (Å²) in [4.78, 5) is 12.8. The van der Waals surface area contributed by atoms with E-state index in [0.717, 1.165) is 23.5 Å². The van der Waals surface area contributed by atoms with Crippen molar-refractivity contribution in [3.8, 4) is 0 Å². The molecule has 0 saturated carbocycles. The van der Waals surface area contributed by atoms with E-state index in [2.05, 4.69) is 10.0 Å². The third-order valence-electron chi connectivity index (χ3n) is 5.37. The lowest BCUT2D eigenvalue weighted by Crippen LogP contribution is -2.43. The molecule has 1 atom stereocenters. The van der Waals surface area contributed by atoms with Crippen molar-refractivity contribution in [2.45, 2.75) is 21.9 Å². The Labute approximate surface area is 201 Å². The van der Waals surface area contributed by atoms with E-state index < -0.39 is 31.8 Å². The van der Waals surface area contributed by atoms with Crippen LogP contribution in [0.5, 0.6) is 0 Å². The molecule has 34 heavy (non-hydrogen) atoms. The number of nitrogens with zero attached hydrogens (tertiary/aromatic N) is 1. The van der Waals surface area contributed by atoms with Crippen LogP contribution in [-0.2, 0) is 24.8 Å². The minimum absolute atomic E-state index is 0.0271. The number of halogens is 1. The van der Waals surface area contributed by atoms with E-state index in [-0.39, 0.29) is 27.2 Å². The average molecular weight is 524 g/mol. The predicted molar refractivity (Wildman–Crippen MR) is 128 cm³/mol. The van der Waals surface area contributed by atoms with Crippen molar-refractivity contribution in [3.63, 3.8) is 0 Å². The molecule has 1 saturated heterocycles. The van der Waals surface area contributed by atoms with Crippen molar-refractivity contribution >= 4 is 48.7 Å². The van der Waals surface area contributed by atoms with Crippen molar-refractivity contribution in [3.05, 3.63) is 71.9 Å². The van der Waals surface area contributed by atoms with Gasteiger partial charge in [0.05, 0.1) is 10.8 Å². The van der Waals surface area contributed by atoms with E-state index in [4.69, 9.17) is 0 Å². The van der Waals surface area contributed by atoms with Gasteiger partial charge in [-0.05, 0) is 72.8 Å². The molecule has 3 aromatic rings. The van der Waals surface area contributed by atoms with Crippen LogP contribution < -0.4 is 10.0 Å². The van der Waals surface area contributed by atoms with E-state index in [9.17, 15) is 26.0 Å². The standard InChI is InChI=1S/C22H22FN3O5S3/c23-17-5-7-19(8-6-17)25-33(28,29)20-11-9-18(10-12-20)24-22(27)16-3-1-13-26(15-16)34(30,31)21-4-2-14-32-21/h2,4-12,14,16,25H,1,3,13,15H2,(H,24,27)/t16-/m1/s1. The van der Waals surface area contributed by atoms with Crippen LogP contribution in [0.3, 0.4) is 0 Å². The topological polar surface area (TPSA) is 113 Å². The summed E-state index contributed by atoms with van der Waals surface area (Å²) in [7, 11) is -7.53. The molecule has 12 heteroatoms. The Morgan fingerprint density at radius 1 is 0.971 bits per heavy atom. The van der Waals surface area contributed by atoms with Crippen molar-refractivity contribution in [2.24, 2.45) is 5.92 Å². The molecule has 2 aromatic carbocycles. The molecule has 8 nitrogen and oxygen atoms in total. The molecule has 180 valence electrons. The summed E-state index contributed by atoms with van der Waals surface area (Å²) in [6.45, 7) is 0.442. The fourth-order valence-corrected chi connectivity index (χ4v) is 7.33. The van der Waals surface area contributed by atoms with Crippen LogP contribution in [-0.4, -0.2) is 40.1 Å². The molecule has 0 radical (unpaired) electrons. The lowest BCUT2D eigenvalue weighted by Gasteiger charge is -2.30. The first-order valence-corrected chi connectivity index (χ1v) is 14.2. The normalized spacial score (nSPS) is 17.3. The highest BCUT2D eigenvalue weighted by atomic mass is 32.2. The number of carbonyl (C=O) groups excluding carboxylic acids is 1. The Hall–Kier alpha value is -2.80. The van der Waals surface area contributed by atoms with Crippen LogP contribution in [0.4, 0.5) is 15.8 Å². The van der Waals surface area contributed by atoms with Crippen molar-refractivity contribution in [1.29, 1.82) is 0 Å². The molecule has 0 spiro atoms. The summed E-state index contributed by atoms with van der Waals surface area (Å²) in [5.74, 6) is -1.33. The van der Waals surface area contributed by atoms with Crippen LogP contribution in [0.15, 0.2) is 75.1 Å². The Bertz CT molecular complexity index is 1360. The second-order valence-corrected chi connectivity index (χ2v) is 12.6. The lowest BCUT2D eigenvalue weighted by molar-refractivity contribution is -0.120. The molecule has 1 amide bonds. The summed E-state index contributed by atoms with van der Waals surface area (Å²) in [5.41, 5.74) is 0.613. The molecule has 0 aliphatic carbocycles. The number of carbonyl (C=O) groups is 1. The molecule has 2 N–H and O–H groups in total. The molecular formula is C22H22FN3O5S3. The number of rotatable bonds is 7. The van der Waals surface area contributed by atoms with Gasteiger partial charge in [0.25, 0.3) is 20.0 Å². The number of nitrogens with one attached hydrogen (secondary N) is 2. The molecule has 4 rings (SSSR count). The maximum atomic E-state index is 13.0. The van der Waals surface area contributed by atoms with Gasteiger partial charge in [0, 0.05) is 24.5 Å². The molecule has 0 bridgehead atoms. The van der Waals surface area contributed by atoms with Crippen molar-refractivity contribution in [1.82, 2.24) is 4.31 Å². The first-order valence-electron chi connectivity index (χ1n) is 10.4. The fraction of sp³-hybridized carbons (Fsp3) is 0.227. The van der Waals surface area contributed by atoms with Crippen LogP contribution in [0.1, 0.15) is 12.8 Å². The highest BCUT2D eigenvalue weighted by Gasteiger charge is 2.33. The minimum atomic E-state index is -3.89. The first-order chi connectivity index (χ1) is 16.1. The van der Waals surface area contributed by atoms with Gasteiger partial charge >= 0.3 is 0 Å². The number of benzene rings is 2. The number of thiophene rings is 1. The van der Waals surface area contributed by atoms with Gasteiger partial charge in [0.15, 0.2) is 0 Å². The van der Waals surface area contributed by atoms with Crippen LogP contribution in [0.25, 0.3) is 0 Å². The zero-order valence-electron chi connectivity index (χ0n) is 17.8. The first kappa shape index (κ1) is 24.3. The number of sulfonamides is 2. The third-order valence-corrected chi connectivity index (χ3v) is 10.0. The van der Waals surface area contributed by atoms with Gasteiger partial charge in [-0.2, -0.15) is 4.31 Å². The quantitative estimate of drug-likeness (QED) is 0.490. The molecule has 1 aromatic heterocycles.